The number of hydrogen-bond donors (Lipinski definition) is 2. The number of anilines is 2. The van der Waals surface area contributed by atoms with Crippen LogP contribution in [0.1, 0.15) is 10.5 Å². The van der Waals surface area contributed by atoms with Crippen molar-refractivity contribution in [1.82, 2.24) is 25.2 Å². The average molecular weight is 569 g/mol. The Morgan fingerprint density at radius 1 is 1.03 bits per heavy atom. The van der Waals surface area contributed by atoms with Crippen molar-refractivity contribution < 1.29 is 13.2 Å². The maximum atomic E-state index is 13.2. The second-order valence-electron chi connectivity index (χ2n) is 8.46. The summed E-state index contributed by atoms with van der Waals surface area (Å²) in [5.74, 6) is -0.0771. The number of benzene rings is 2. The Morgan fingerprint density at radius 2 is 1.81 bits per heavy atom. The number of sulfone groups is 1. The third-order valence-electron chi connectivity index (χ3n) is 5.31. The molecular weight excluding hydrogens is 544 g/mol. The van der Waals surface area contributed by atoms with Crippen molar-refractivity contribution in [3.8, 4) is 11.1 Å². The molecule has 0 aliphatic carbocycles. The first kappa shape index (κ1) is 25.7. The van der Waals surface area contributed by atoms with Crippen LogP contribution in [0.2, 0.25) is 0 Å². The van der Waals surface area contributed by atoms with E-state index < -0.39 is 9.84 Å². The molecule has 11 heteroatoms. The largest absolute Gasteiger partial charge is 0.349 e. The third kappa shape index (κ3) is 6.04. The fourth-order valence-electron chi connectivity index (χ4n) is 3.49. The Balaban J connectivity index is 1.74. The molecule has 186 valence electrons. The number of likely N-dealkylation sites (N-methyl/N-ethyl adjacent to an activating group) is 1. The molecule has 2 heterocycles. The van der Waals surface area contributed by atoms with Gasteiger partial charge in [0.15, 0.2) is 15.5 Å². The lowest BCUT2D eigenvalue weighted by molar-refractivity contribution is 0.0947. The molecule has 0 saturated carbocycles. The number of fused-ring (bicyclic) bond motifs is 1. The predicted molar refractivity (Wildman–Crippen MR) is 144 cm³/mol. The fraction of sp³-hybridized carbons (Fsp3) is 0.200. The summed E-state index contributed by atoms with van der Waals surface area (Å²) in [5.41, 5.74) is 2.58. The molecule has 0 atom stereocenters. The zero-order valence-electron chi connectivity index (χ0n) is 20.0. The van der Waals surface area contributed by atoms with Crippen LogP contribution in [0.3, 0.4) is 0 Å². The summed E-state index contributed by atoms with van der Waals surface area (Å²) in [6, 6.07) is 15.8. The molecule has 0 bridgehead atoms. The van der Waals surface area contributed by atoms with Crippen molar-refractivity contribution in [3.63, 3.8) is 0 Å². The monoisotopic (exact) mass is 568 g/mol. The topological polar surface area (TPSA) is 117 Å². The van der Waals surface area contributed by atoms with Crippen molar-refractivity contribution in [1.29, 1.82) is 0 Å². The molecule has 0 fully saturated rings. The van der Waals surface area contributed by atoms with Crippen LogP contribution in [0.25, 0.3) is 22.2 Å². The Hall–Kier alpha value is -3.41. The van der Waals surface area contributed by atoms with E-state index >= 15 is 0 Å². The van der Waals surface area contributed by atoms with E-state index in [1.54, 1.807) is 18.3 Å². The molecule has 2 aromatic heterocycles. The molecule has 9 nitrogen and oxygen atoms in total. The van der Waals surface area contributed by atoms with Crippen LogP contribution >= 0.6 is 15.9 Å². The number of rotatable bonds is 8. The second kappa shape index (κ2) is 10.7. The molecule has 0 aliphatic rings. The molecule has 4 aromatic rings. The molecule has 2 N–H and O–H groups in total. The summed E-state index contributed by atoms with van der Waals surface area (Å²) in [7, 11) is 0.509. The van der Waals surface area contributed by atoms with Gasteiger partial charge in [0.25, 0.3) is 5.91 Å². The number of aromatic nitrogens is 3. The quantitative estimate of drug-likeness (QED) is 0.328. The van der Waals surface area contributed by atoms with E-state index in [0.29, 0.717) is 35.4 Å². The molecule has 1 amide bonds. The van der Waals surface area contributed by atoms with E-state index in [4.69, 9.17) is 0 Å². The van der Waals surface area contributed by atoms with Gasteiger partial charge in [-0.3, -0.25) is 4.79 Å². The van der Waals surface area contributed by atoms with E-state index in [9.17, 15) is 13.2 Å². The van der Waals surface area contributed by atoms with Gasteiger partial charge in [-0.25, -0.2) is 18.4 Å². The maximum Gasteiger partial charge on any atom is 0.270 e. The fourth-order valence-corrected chi connectivity index (χ4v) is 4.66. The first-order valence-electron chi connectivity index (χ1n) is 11.0. The number of hydrogen-bond acceptors (Lipinski definition) is 8. The molecule has 0 saturated heterocycles. The van der Waals surface area contributed by atoms with Gasteiger partial charge >= 0.3 is 0 Å². The molecule has 0 aliphatic heterocycles. The Kier molecular flexibility index (Phi) is 7.62. The van der Waals surface area contributed by atoms with E-state index in [1.165, 1.54) is 12.1 Å². The SMILES string of the molecule is CN(C)CCNC(=O)c1nc2nc(Nc3cccc(S(C)(=O)=O)c3)ncc2cc1-c1ccccc1Br. The van der Waals surface area contributed by atoms with Gasteiger partial charge in [0.2, 0.25) is 5.95 Å². The number of carbonyl (C=O) groups is 1. The molecule has 2 aromatic carbocycles. The van der Waals surface area contributed by atoms with E-state index in [1.807, 2.05) is 49.3 Å². The van der Waals surface area contributed by atoms with Crippen LogP contribution in [-0.4, -0.2) is 67.6 Å². The van der Waals surface area contributed by atoms with Gasteiger partial charge in [0.05, 0.1) is 4.90 Å². The number of halogens is 1. The van der Waals surface area contributed by atoms with Crippen LogP contribution in [-0.2, 0) is 9.84 Å². The summed E-state index contributed by atoms with van der Waals surface area (Å²) in [5, 5.41) is 6.60. The van der Waals surface area contributed by atoms with Crippen molar-refractivity contribution >= 4 is 54.3 Å². The van der Waals surface area contributed by atoms with Crippen LogP contribution in [0.15, 0.2) is 70.2 Å². The van der Waals surface area contributed by atoms with Gasteiger partial charge < -0.3 is 15.5 Å². The lowest BCUT2D eigenvalue weighted by Gasteiger charge is -2.14. The normalized spacial score (nSPS) is 11.6. The van der Waals surface area contributed by atoms with E-state index in [0.717, 1.165) is 16.3 Å². The summed E-state index contributed by atoms with van der Waals surface area (Å²) in [6.45, 7) is 1.15. The summed E-state index contributed by atoms with van der Waals surface area (Å²) < 4.78 is 24.6. The highest BCUT2D eigenvalue weighted by atomic mass is 79.9. The highest BCUT2D eigenvalue weighted by Crippen LogP contribution is 2.32. The van der Waals surface area contributed by atoms with E-state index in [2.05, 4.69) is 41.5 Å². The number of pyridine rings is 1. The number of nitrogens with zero attached hydrogens (tertiary/aromatic N) is 4. The van der Waals surface area contributed by atoms with Gasteiger partial charge in [-0.1, -0.05) is 40.2 Å². The predicted octanol–water partition coefficient (Wildman–Crippen LogP) is 3.89. The van der Waals surface area contributed by atoms with Crippen LogP contribution in [0, 0.1) is 0 Å². The molecule has 0 unspecified atom stereocenters. The number of amides is 1. The van der Waals surface area contributed by atoms with Gasteiger partial charge in [-0.05, 0) is 50.0 Å². The maximum absolute atomic E-state index is 13.2. The molecule has 4 rings (SSSR count). The minimum Gasteiger partial charge on any atom is -0.349 e. The van der Waals surface area contributed by atoms with Crippen molar-refractivity contribution in [2.24, 2.45) is 0 Å². The highest BCUT2D eigenvalue weighted by Gasteiger charge is 2.19. The zero-order valence-corrected chi connectivity index (χ0v) is 22.4. The summed E-state index contributed by atoms with van der Waals surface area (Å²) in [6.07, 6.45) is 2.77. The molecule has 0 spiro atoms. The van der Waals surface area contributed by atoms with Crippen LogP contribution in [0.5, 0.6) is 0 Å². The minimum absolute atomic E-state index is 0.182. The first-order chi connectivity index (χ1) is 17.1. The van der Waals surface area contributed by atoms with Gasteiger partial charge in [-0.2, -0.15) is 4.98 Å². The number of nitrogens with one attached hydrogen (secondary N) is 2. The lowest BCUT2D eigenvalue weighted by atomic mass is 10.0. The van der Waals surface area contributed by atoms with E-state index in [-0.39, 0.29) is 22.4 Å². The molecule has 0 radical (unpaired) electrons. The molecular formula is C25H25BrN6O3S. The van der Waals surface area contributed by atoms with Crippen molar-refractivity contribution in [2.45, 2.75) is 4.90 Å². The molecule has 36 heavy (non-hydrogen) atoms. The Bertz CT molecular complexity index is 1540. The standard InChI is InChI=1S/C25H25BrN6O3S/c1-32(2)12-11-27-24(33)22-20(19-9-4-5-10-21(19)26)13-16-15-28-25(31-23(16)30-22)29-17-7-6-8-18(14-17)36(3,34)35/h4-10,13-15H,11-12H2,1-3H3,(H,27,33)(H,28,29,30,31). The smallest absolute Gasteiger partial charge is 0.270 e. The lowest BCUT2D eigenvalue weighted by Crippen LogP contribution is -2.32. The van der Waals surface area contributed by atoms with Gasteiger partial charge in [0, 0.05) is 46.7 Å². The van der Waals surface area contributed by atoms with Crippen LogP contribution in [0.4, 0.5) is 11.6 Å². The van der Waals surface area contributed by atoms with Crippen molar-refractivity contribution in [2.75, 3.05) is 38.8 Å². The van der Waals surface area contributed by atoms with Crippen LogP contribution < -0.4 is 10.6 Å². The average Bonchev–Trinajstić information content (AvgIpc) is 2.83. The van der Waals surface area contributed by atoms with Gasteiger partial charge in [-0.15, -0.1) is 0 Å². The Morgan fingerprint density at radius 3 is 2.53 bits per heavy atom. The summed E-state index contributed by atoms with van der Waals surface area (Å²) in [4.78, 5) is 28.8. The zero-order chi connectivity index (χ0) is 25.9. The first-order valence-corrected chi connectivity index (χ1v) is 13.7. The van der Waals surface area contributed by atoms with Gasteiger partial charge in [0.1, 0.15) is 5.69 Å². The second-order valence-corrected chi connectivity index (χ2v) is 11.3. The third-order valence-corrected chi connectivity index (χ3v) is 7.11. The highest BCUT2D eigenvalue weighted by molar-refractivity contribution is 9.10. The minimum atomic E-state index is -3.36. The summed E-state index contributed by atoms with van der Waals surface area (Å²) >= 11 is 3.57. The number of carbonyl (C=O) groups excluding carboxylic acids is 1. The van der Waals surface area contributed by atoms with Crippen molar-refractivity contribution in [3.05, 3.63) is 71.0 Å². The Labute approximate surface area is 218 Å².